The van der Waals surface area contributed by atoms with Crippen molar-refractivity contribution in [2.75, 3.05) is 111 Å². The number of anilines is 1. The number of pyridine rings is 1. The first-order valence-corrected chi connectivity index (χ1v) is 25.5. The number of nitrogens with one attached hydrogen (secondary N) is 3. The van der Waals surface area contributed by atoms with Crippen molar-refractivity contribution in [3.05, 3.63) is 107 Å². The van der Waals surface area contributed by atoms with Crippen LogP contribution in [0.15, 0.2) is 85.6 Å². The van der Waals surface area contributed by atoms with Crippen LogP contribution < -0.4 is 26.0 Å². The fourth-order valence-electron chi connectivity index (χ4n) is 9.79. The number of nitrogens with zero attached hydrogens (tertiary/aromatic N) is 10. The van der Waals surface area contributed by atoms with Gasteiger partial charge in [0.05, 0.1) is 49.1 Å². The number of hydrogen-bond acceptors (Lipinski definition) is 14. The fraction of sp³-hybridized carbons (Fsp3) is 0.481. The van der Waals surface area contributed by atoms with E-state index in [-0.39, 0.29) is 29.9 Å². The van der Waals surface area contributed by atoms with Crippen molar-refractivity contribution in [2.24, 2.45) is 5.73 Å². The number of hydrogen-bond donors (Lipinski definition) is 4. The highest BCUT2D eigenvalue weighted by Crippen LogP contribution is 2.30. The molecule has 3 amide bonds. The molecule has 2 aromatic carbocycles. The zero-order chi connectivity index (χ0) is 50.0. The number of halogens is 1. The van der Waals surface area contributed by atoms with Gasteiger partial charge in [-0.2, -0.15) is 0 Å². The number of aromatic nitrogens is 6. The van der Waals surface area contributed by atoms with Crippen molar-refractivity contribution in [2.45, 2.75) is 56.3 Å². The third kappa shape index (κ3) is 12.7. The number of nitrogens with two attached hydrogens (primary N) is 1. The zero-order valence-corrected chi connectivity index (χ0v) is 42.1. The van der Waals surface area contributed by atoms with Crippen molar-refractivity contribution in [3.8, 4) is 5.75 Å². The first-order valence-electron chi connectivity index (χ1n) is 25.2. The number of likely N-dealkylation sites (N-methyl/N-ethyl adjacent to an activating group) is 1. The minimum atomic E-state index is -1.01. The van der Waals surface area contributed by atoms with E-state index >= 15 is 0 Å². The van der Waals surface area contributed by atoms with Gasteiger partial charge in [-0.1, -0.05) is 41.9 Å². The van der Waals surface area contributed by atoms with Crippen LogP contribution in [0, 0.1) is 0 Å². The monoisotopic (exact) mass is 1000 g/mol. The lowest BCUT2D eigenvalue weighted by Crippen LogP contribution is -2.60. The van der Waals surface area contributed by atoms with Gasteiger partial charge in [0.1, 0.15) is 41.4 Å². The molecule has 3 aliphatic rings. The molecule has 1 atom stereocenters. The first-order chi connectivity index (χ1) is 35.0. The van der Waals surface area contributed by atoms with Gasteiger partial charge in [0.2, 0.25) is 11.8 Å². The van der Waals surface area contributed by atoms with Crippen LogP contribution >= 0.6 is 11.6 Å². The maximum atomic E-state index is 14.0. The van der Waals surface area contributed by atoms with Gasteiger partial charge in [-0.3, -0.25) is 24.2 Å². The molecule has 0 saturated carbocycles. The van der Waals surface area contributed by atoms with Gasteiger partial charge in [0.15, 0.2) is 5.65 Å². The van der Waals surface area contributed by atoms with E-state index in [2.05, 4.69) is 55.2 Å². The normalized spacial score (nSPS) is 17.4. The Balaban J connectivity index is 0.673. The summed E-state index contributed by atoms with van der Waals surface area (Å²) in [4.78, 5) is 72.6. The maximum Gasteiger partial charge on any atom is 0.270 e. The highest BCUT2D eigenvalue weighted by Gasteiger charge is 2.39. The summed E-state index contributed by atoms with van der Waals surface area (Å²) in [7, 11) is 4.03. The van der Waals surface area contributed by atoms with Crippen molar-refractivity contribution in [1.29, 1.82) is 0 Å². The Kier molecular flexibility index (Phi) is 16.6. The fourth-order valence-corrected chi connectivity index (χ4v) is 9.92. The second kappa shape index (κ2) is 23.6. The van der Waals surface area contributed by atoms with Gasteiger partial charge in [-0.05, 0) is 88.2 Å². The van der Waals surface area contributed by atoms with Crippen LogP contribution in [0.5, 0.6) is 5.75 Å². The summed E-state index contributed by atoms with van der Waals surface area (Å²) in [6, 6.07) is 20.8. The molecule has 0 bridgehead atoms. The van der Waals surface area contributed by atoms with E-state index < -0.39 is 5.54 Å². The van der Waals surface area contributed by atoms with Gasteiger partial charge >= 0.3 is 0 Å². The largest absolute Gasteiger partial charge is 0.492 e. The minimum absolute atomic E-state index is 0.0618. The number of ether oxygens (including phenoxy) is 2. The Morgan fingerprint density at radius 3 is 2.46 bits per heavy atom. The molecular formula is C52H67ClN14O5. The Labute approximate surface area is 425 Å². The van der Waals surface area contributed by atoms with E-state index in [0.29, 0.717) is 100 Å². The Bertz CT molecular complexity index is 2760. The summed E-state index contributed by atoms with van der Waals surface area (Å²) in [6.07, 6.45) is 8.51. The molecule has 7 heterocycles. The van der Waals surface area contributed by atoms with Gasteiger partial charge in [-0.25, -0.2) is 19.9 Å². The summed E-state index contributed by atoms with van der Waals surface area (Å²) >= 11 is 6.27. The van der Waals surface area contributed by atoms with Gasteiger partial charge in [0.25, 0.3) is 5.91 Å². The number of H-pyrrole nitrogens is 1. The standard InChI is InChI=1S/C52H67ClN14O5/c1-62(2)30-32-72-45-6-4-3-5-38(45)33-67-36-59-43-11-12-44(60-49(43)67)50(69)56-20-31-71-40-14-21-64(22-15-40)34-46(68)65-28-26-63(27-29-65)23-16-42(37-7-9-39(53)10-8-37)61-51(70)52(54)17-24-66(25-18-52)48-41-13-19-55-47(41)57-35-58-48/h3-13,19,35-36,40,42H,14-18,20-34,54H2,1-2H3,(H,56,69)(H,61,70)(H,55,57,58). The molecule has 0 radical (unpaired) electrons. The summed E-state index contributed by atoms with van der Waals surface area (Å²) in [5.41, 5.74) is 10.3. The van der Waals surface area contributed by atoms with Crippen LogP contribution in [0.4, 0.5) is 5.82 Å². The number of aromatic amines is 1. The van der Waals surface area contributed by atoms with Crippen molar-refractivity contribution in [1.82, 2.24) is 59.7 Å². The minimum Gasteiger partial charge on any atom is -0.492 e. The topological polar surface area (TPSA) is 208 Å². The quantitative estimate of drug-likeness (QED) is 0.0800. The second-order valence-electron chi connectivity index (χ2n) is 19.4. The smallest absolute Gasteiger partial charge is 0.270 e. The summed E-state index contributed by atoms with van der Waals surface area (Å²) in [5, 5.41) is 7.86. The molecule has 20 heteroatoms. The number of fused-ring (bicyclic) bond motifs is 2. The van der Waals surface area contributed by atoms with E-state index in [1.54, 1.807) is 18.7 Å². The highest BCUT2D eigenvalue weighted by molar-refractivity contribution is 6.30. The number of likely N-dealkylation sites (tertiary alicyclic amines) is 1. The third-order valence-corrected chi connectivity index (χ3v) is 14.5. The van der Waals surface area contributed by atoms with Gasteiger partial charge in [-0.15, -0.1) is 0 Å². The van der Waals surface area contributed by atoms with E-state index in [9.17, 15) is 14.4 Å². The predicted molar refractivity (Wildman–Crippen MR) is 277 cm³/mol. The number of imidazole rings is 1. The molecule has 72 heavy (non-hydrogen) atoms. The van der Waals surface area contributed by atoms with Crippen LogP contribution in [0.2, 0.25) is 5.02 Å². The second-order valence-corrected chi connectivity index (χ2v) is 19.9. The molecule has 6 aromatic rings. The molecule has 382 valence electrons. The Morgan fingerprint density at radius 1 is 0.903 bits per heavy atom. The summed E-state index contributed by atoms with van der Waals surface area (Å²) in [5.74, 6) is 1.37. The number of rotatable bonds is 20. The van der Waals surface area contributed by atoms with Crippen LogP contribution in [-0.2, 0) is 20.9 Å². The number of carbonyl (C=O) groups excluding carboxylic acids is 3. The molecule has 9 rings (SSSR count). The van der Waals surface area contributed by atoms with Crippen LogP contribution in [0.3, 0.4) is 0 Å². The molecule has 0 aliphatic carbocycles. The lowest BCUT2D eigenvalue weighted by atomic mass is 9.87. The Hall–Kier alpha value is -6.22. The summed E-state index contributed by atoms with van der Waals surface area (Å²) in [6.45, 7) is 9.32. The van der Waals surface area contributed by atoms with E-state index in [4.69, 9.17) is 26.8 Å². The van der Waals surface area contributed by atoms with Gasteiger partial charge < -0.3 is 50.1 Å². The lowest BCUT2D eigenvalue weighted by Gasteiger charge is -2.40. The average Bonchev–Trinajstić information content (AvgIpc) is 4.05. The van der Waals surface area contributed by atoms with Crippen LogP contribution in [0.25, 0.3) is 22.2 Å². The van der Waals surface area contributed by atoms with E-state index in [1.807, 2.05) is 90.4 Å². The SMILES string of the molecule is CN(C)CCOc1ccccc1Cn1cnc2ccc(C(=O)NCCOC3CCN(CC(=O)N4CCN(CCC(NC(=O)C5(N)CCN(c6ncnc7[nH]ccc67)CC5)c5ccc(Cl)cc5)CC4)CC3)nc21. The third-order valence-electron chi connectivity index (χ3n) is 14.2. The maximum absolute atomic E-state index is 14.0. The number of benzene rings is 2. The first kappa shape index (κ1) is 50.7. The van der Waals surface area contributed by atoms with Crippen molar-refractivity contribution in [3.63, 3.8) is 0 Å². The van der Waals surface area contributed by atoms with Crippen LogP contribution in [0.1, 0.15) is 59.8 Å². The molecule has 3 saturated heterocycles. The number of para-hydroxylation sites is 1. The molecule has 4 aromatic heterocycles. The molecule has 19 nitrogen and oxygen atoms in total. The molecule has 1 unspecified atom stereocenters. The predicted octanol–water partition coefficient (Wildman–Crippen LogP) is 3.95. The number of piperazine rings is 1. The zero-order valence-electron chi connectivity index (χ0n) is 41.3. The lowest BCUT2D eigenvalue weighted by molar-refractivity contribution is -0.135. The number of amides is 3. The number of piperidine rings is 2. The Morgan fingerprint density at radius 2 is 1.68 bits per heavy atom. The molecular weight excluding hydrogens is 936 g/mol. The molecule has 3 aliphatic heterocycles. The van der Waals surface area contributed by atoms with Gasteiger partial charge in [0, 0.05) is 88.8 Å². The van der Waals surface area contributed by atoms with E-state index in [0.717, 1.165) is 85.8 Å². The molecule has 0 spiro atoms. The highest BCUT2D eigenvalue weighted by atomic mass is 35.5. The van der Waals surface area contributed by atoms with E-state index in [1.165, 1.54) is 0 Å². The number of carbonyl (C=O) groups is 3. The summed E-state index contributed by atoms with van der Waals surface area (Å²) < 4.78 is 14.2. The molecule has 3 fully saturated rings. The average molecular weight is 1000 g/mol. The van der Waals surface area contributed by atoms with Crippen LogP contribution in [-0.4, -0.2) is 184 Å². The van der Waals surface area contributed by atoms with Crippen molar-refractivity contribution >= 4 is 57.3 Å². The molecule has 5 N–H and O–H groups in total. The van der Waals surface area contributed by atoms with Crippen molar-refractivity contribution < 1.29 is 23.9 Å².